The number of rotatable bonds is 6. The van der Waals surface area contributed by atoms with Crippen LogP contribution in [0.3, 0.4) is 0 Å². The fraction of sp³-hybridized carbons (Fsp3) is 0.444. The zero-order chi connectivity index (χ0) is 15.6. The van der Waals surface area contributed by atoms with Gasteiger partial charge in [-0.25, -0.2) is 0 Å². The van der Waals surface area contributed by atoms with Crippen LogP contribution in [0.1, 0.15) is 28.8 Å². The zero-order valence-electron chi connectivity index (χ0n) is 13.1. The van der Waals surface area contributed by atoms with Gasteiger partial charge in [-0.1, -0.05) is 0 Å². The van der Waals surface area contributed by atoms with Crippen molar-refractivity contribution in [2.75, 3.05) is 19.6 Å². The minimum Gasteiger partial charge on any atom is -0.335 e. The summed E-state index contributed by atoms with van der Waals surface area (Å²) in [4.78, 5) is 21.0. The number of likely N-dealkylation sites (tertiary alicyclic amines) is 1. The molecule has 2 aromatic heterocycles. The molecule has 23 heavy (non-hydrogen) atoms. The average Bonchev–Trinajstić information content (AvgIpc) is 3.16. The first-order valence-electron chi connectivity index (χ1n) is 8.24. The van der Waals surface area contributed by atoms with Crippen LogP contribution in [0, 0.1) is 5.92 Å². The molecule has 120 valence electrons. The highest BCUT2D eigenvalue weighted by molar-refractivity contribution is 7.08. The van der Waals surface area contributed by atoms with Gasteiger partial charge in [0.1, 0.15) is 0 Å². The summed E-state index contributed by atoms with van der Waals surface area (Å²) in [5, 5.41) is 3.90. The minimum absolute atomic E-state index is 0.179. The van der Waals surface area contributed by atoms with Gasteiger partial charge in [0, 0.05) is 50.0 Å². The van der Waals surface area contributed by atoms with Crippen LogP contribution in [0.5, 0.6) is 0 Å². The molecule has 0 radical (unpaired) electrons. The van der Waals surface area contributed by atoms with Crippen molar-refractivity contribution in [3.63, 3.8) is 0 Å². The van der Waals surface area contributed by atoms with Crippen molar-refractivity contribution in [3.05, 3.63) is 52.5 Å². The molecule has 4 nitrogen and oxygen atoms in total. The molecule has 1 saturated heterocycles. The van der Waals surface area contributed by atoms with Crippen LogP contribution >= 0.6 is 11.3 Å². The first-order valence-corrected chi connectivity index (χ1v) is 9.18. The Kier molecular flexibility index (Phi) is 4.14. The lowest BCUT2D eigenvalue weighted by molar-refractivity contribution is 0.0220. The van der Waals surface area contributed by atoms with Crippen molar-refractivity contribution in [3.8, 4) is 0 Å². The van der Waals surface area contributed by atoms with Gasteiger partial charge in [0.15, 0.2) is 0 Å². The lowest BCUT2D eigenvalue weighted by atomic mass is 10.0. The summed E-state index contributed by atoms with van der Waals surface area (Å²) in [6.07, 6.45) is 6.43. The van der Waals surface area contributed by atoms with Crippen LogP contribution in [0.4, 0.5) is 0 Å². The minimum atomic E-state index is 0.179. The Balaban J connectivity index is 1.37. The Labute approximate surface area is 140 Å². The average molecular weight is 327 g/mol. The second-order valence-electron chi connectivity index (χ2n) is 6.60. The first kappa shape index (κ1) is 14.8. The highest BCUT2D eigenvalue weighted by atomic mass is 32.1. The quantitative estimate of drug-likeness (QED) is 0.818. The normalized spacial score (nSPS) is 18.2. The van der Waals surface area contributed by atoms with E-state index in [1.54, 1.807) is 11.3 Å². The number of thiophene rings is 1. The van der Waals surface area contributed by atoms with Crippen LogP contribution in [-0.4, -0.2) is 46.4 Å². The van der Waals surface area contributed by atoms with E-state index in [1.165, 1.54) is 18.4 Å². The second kappa shape index (κ2) is 6.42. The van der Waals surface area contributed by atoms with Gasteiger partial charge < -0.3 is 4.90 Å². The highest BCUT2D eigenvalue weighted by Gasteiger charge is 2.37. The molecule has 1 saturated carbocycles. The van der Waals surface area contributed by atoms with Gasteiger partial charge in [-0.3, -0.25) is 14.7 Å². The van der Waals surface area contributed by atoms with Crippen molar-refractivity contribution >= 4 is 17.2 Å². The molecule has 5 heteroatoms. The largest absolute Gasteiger partial charge is 0.335 e. The van der Waals surface area contributed by atoms with Crippen LogP contribution < -0.4 is 0 Å². The molecule has 0 bridgehead atoms. The number of amides is 1. The number of hydrogen-bond donors (Lipinski definition) is 0. The number of carbonyl (C=O) groups excluding carboxylic acids is 1. The van der Waals surface area contributed by atoms with E-state index in [2.05, 4.69) is 22.0 Å². The number of nitrogens with zero attached hydrogens (tertiary/aromatic N) is 3. The standard InChI is InChI=1S/C18H21N3OS/c22-18(16-5-8-23-13-16)21-11-17(12-21)20(9-14-1-2-14)10-15-3-6-19-7-4-15/h3-8,13-14,17H,1-2,9-12H2. The maximum atomic E-state index is 12.4. The fourth-order valence-corrected chi connectivity index (χ4v) is 3.75. The second-order valence-corrected chi connectivity index (χ2v) is 7.38. The van der Waals surface area contributed by atoms with E-state index in [0.29, 0.717) is 6.04 Å². The van der Waals surface area contributed by atoms with E-state index in [4.69, 9.17) is 0 Å². The van der Waals surface area contributed by atoms with Gasteiger partial charge in [0.2, 0.25) is 0 Å². The smallest absolute Gasteiger partial charge is 0.254 e. The summed E-state index contributed by atoms with van der Waals surface area (Å²) in [5.74, 6) is 1.04. The molecule has 4 rings (SSSR count). The van der Waals surface area contributed by atoms with Crippen molar-refractivity contribution in [2.45, 2.75) is 25.4 Å². The van der Waals surface area contributed by atoms with Gasteiger partial charge in [-0.05, 0) is 47.9 Å². The van der Waals surface area contributed by atoms with Crippen molar-refractivity contribution in [1.82, 2.24) is 14.8 Å². The van der Waals surface area contributed by atoms with Gasteiger partial charge in [-0.15, -0.1) is 0 Å². The topological polar surface area (TPSA) is 36.4 Å². The van der Waals surface area contributed by atoms with Crippen LogP contribution in [0.25, 0.3) is 0 Å². The van der Waals surface area contributed by atoms with E-state index in [1.807, 2.05) is 34.1 Å². The summed E-state index contributed by atoms with van der Waals surface area (Å²) >= 11 is 1.58. The third-order valence-corrected chi connectivity index (χ3v) is 5.44. The molecule has 2 aromatic rings. The van der Waals surface area contributed by atoms with Crippen LogP contribution in [-0.2, 0) is 6.54 Å². The van der Waals surface area contributed by atoms with Gasteiger partial charge in [0.05, 0.1) is 5.56 Å². The zero-order valence-corrected chi connectivity index (χ0v) is 13.9. The Morgan fingerprint density at radius 3 is 2.70 bits per heavy atom. The highest BCUT2D eigenvalue weighted by Crippen LogP contribution is 2.32. The predicted octanol–water partition coefficient (Wildman–Crippen LogP) is 2.88. The molecule has 0 N–H and O–H groups in total. The summed E-state index contributed by atoms with van der Waals surface area (Å²) in [6.45, 7) is 3.83. The summed E-state index contributed by atoms with van der Waals surface area (Å²) in [6, 6.07) is 6.59. The number of hydrogen-bond acceptors (Lipinski definition) is 4. The SMILES string of the molecule is O=C(c1ccsc1)N1CC(N(Cc2ccncc2)CC2CC2)C1. The van der Waals surface area contributed by atoms with E-state index in [0.717, 1.165) is 37.7 Å². The van der Waals surface area contributed by atoms with E-state index in [-0.39, 0.29) is 5.91 Å². The first-order chi connectivity index (χ1) is 11.3. The molecule has 2 fully saturated rings. The van der Waals surface area contributed by atoms with E-state index < -0.39 is 0 Å². The van der Waals surface area contributed by atoms with Gasteiger partial charge in [0.25, 0.3) is 5.91 Å². The molecule has 0 atom stereocenters. The van der Waals surface area contributed by atoms with E-state index in [9.17, 15) is 4.79 Å². The monoisotopic (exact) mass is 327 g/mol. The van der Waals surface area contributed by atoms with Crippen molar-refractivity contribution in [1.29, 1.82) is 0 Å². The summed E-state index contributed by atoms with van der Waals surface area (Å²) in [5.41, 5.74) is 2.14. The molecular formula is C18H21N3OS. The Hall–Kier alpha value is -1.72. The lowest BCUT2D eigenvalue weighted by Gasteiger charge is -2.45. The Morgan fingerprint density at radius 1 is 1.26 bits per heavy atom. The molecule has 1 aliphatic heterocycles. The molecular weight excluding hydrogens is 306 g/mol. The molecule has 0 unspecified atom stereocenters. The van der Waals surface area contributed by atoms with E-state index >= 15 is 0 Å². The predicted molar refractivity (Wildman–Crippen MR) is 91.4 cm³/mol. The van der Waals surface area contributed by atoms with Crippen LogP contribution in [0.2, 0.25) is 0 Å². The number of pyridine rings is 1. The maximum absolute atomic E-state index is 12.4. The molecule has 0 spiro atoms. The van der Waals surface area contributed by atoms with Crippen LogP contribution in [0.15, 0.2) is 41.4 Å². The summed E-state index contributed by atoms with van der Waals surface area (Å²) < 4.78 is 0. The van der Waals surface area contributed by atoms with Crippen molar-refractivity contribution < 1.29 is 4.79 Å². The fourth-order valence-electron chi connectivity index (χ4n) is 3.12. The molecule has 1 amide bonds. The lowest BCUT2D eigenvalue weighted by Crippen LogP contribution is -2.61. The molecule has 1 aliphatic carbocycles. The van der Waals surface area contributed by atoms with Gasteiger partial charge >= 0.3 is 0 Å². The maximum Gasteiger partial charge on any atom is 0.254 e. The molecule has 3 heterocycles. The van der Waals surface area contributed by atoms with Gasteiger partial charge in [-0.2, -0.15) is 11.3 Å². The molecule has 0 aromatic carbocycles. The summed E-state index contributed by atoms with van der Waals surface area (Å²) in [7, 11) is 0. The Bertz CT molecular complexity index is 648. The number of carbonyl (C=O) groups is 1. The molecule has 2 aliphatic rings. The third kappa shape index (κ3) is 3.46. The van der Waals surface area contributed by atoms with Crippen molar-refractivity contribution in [2.24, 2.45) is 5.92 Å². The third-order valence-electron chi connectivity index (χ3n) is 4.76. The number of aromatic nitrogens is 1. The Morgan fingerprint density at radius 2 is 2.04 bits per heavy atom.